The minimum atomic E-state index is -0.471. The van der Waals surface area contributed by atoms with Gasteiger partial charge in [0, 0.05) is 23.7 Å². The Bertz CT molecular complexity index is 847. The number of carbonyl (C=O) groups is 1. The molecule has 1 aliphatic rings. The first-order chi connectivity index (χ1) is 11.5. The largest absolute Gasteiger partial charge is 0.310 e. The van der Waals surface area contributed by atoms with E-state index in [1.807, 2.05) is 6.92 Å². The highest BCUT2D eigenvalue weighted by Gasteiger charge is 2.25. The fourth-order valence-electron chi connectivity index (χ4n) is 2.66. The number of nitro benzene ring substituents is 1. The molecule has 0 unspecified atom stereocenters. The van der Waals surface area contributed by atoms with Crippen molar-refractivity contribution in [3.05, 3.63) is 63.2 Å². The molecule has 6 nitrogen and oxygen atoms in total. The average molecular weight is 344 g/mol. The molecule has 0 fully saturated rings. The molecular formula is C17H14ClN3O3. The number of fused-ring (bicyclic) bond motifs is 1. The standard InChI is InChI=1S/C17H14ClN3O3/c1-2-20-16-8-7-13(21(23)24)9-15(16)19-14(10-17(20)22)11-3-5-12(18)6-4-11/h3-9H,2,10H2,1H3. The van der Waals surface area contributed by atoms with Gasteiger partial charge in [0.1, 0.15) is 0 Å². The molecule has 7 heteroatoms. The lowest BCUT2D eigenvalue weighted by molar-refractivity contribution is -0.384. The van der Waals surface area contributed by atoms with Crippen LogP contribution in [0.25, 0.3) is 0 Å². The highest BCUT2D eigenvalue weighted by Crippen LogP contribution is 2.36. The number of benzene rings is 2. The van der Waals surface area contributed by atoms with Crippen LogP contribution < -0.4 is 4.90 Å². The van der Waals surface area contributed by atoms with E-state index in [-0.39, 0.29) is 18.0 Å². The van der Waals surface area contributed by atoms with E-state index >= 15 is 0 Å². The Labute approximate surface area is 143 Å². The molecule has 2 aromatic carbocycles. The van der Waals surface area contributed by atoms with Gasteiger partial charge >= 0.3 is 0 Å². The van der Waals surface area contributed by atoms with Crippen LogP contribution in [0.3, 0.4) is 0 Å². The third-order valence-electron chi connectivity index (χ3n) is 3.83. The lowest BCUT2D eigenvalue weighted by Crippen LogP contribution is -2.31. The number of nitrogens with zero attached hydrogens (tertiary/aromatic N) is 3. The minimum absolute atomic E-state index is 0.0571. The summed E-state index contributed by atoms with van der Waals surface area (Å²) in [6.07, 6.45) is 0.123. The molecule has 24 heavy (non-hydrogen) atoms. The predicted octanol–water partition coefficient (Wildman–Crippen LogP) is 4.13. The molecule has 0 N–H and O–H groups in total. The van der Waals surface area contributed by atoms with Gasteiger partial charge in [-0.15, -0.1) is 0 Å². The molecule has 0 spiro atoms. The smallest absolute Gasteiger partial charge is 0.271 e. The fourth-order valence-corrected chi connectivity index (χ4v) is 2.78. The SMILES string of the molecule is CCN1C(=O)CC(c2ccc(Cl)cc2)=Nc2cc([N+](=O)[O-])ccc21. The highest BCUT2D eigenvalue weighted by molar-refractivity contribution is 6.30. The van der Waals surface area contributed by atoms with Gasteiger partial charge in [0.05, 0.1) is 28.4 Å². The van der Waals surface area contributed by atoms with Crippen molar-refractivity contribution in [2.45, 2.75) is 13.3 Å². The maximum absolute atomic E-state index is 12.6. The van der Waals surface area contributed by atoms with Crippen LogP contribution in [0.2, 0.25) is 5.02 Å². The van der Waals surface area contributed by atoms with Crippen molar-refractivity contribution in [1.29, 1.82) is 0 Å². The molecule has 1 amide bonds. The number of carbonyl (C=O) groups excluding carboxylic acids is 1. The first kappa shape index (κ1) is 16.1. The second-order valence-electron chi connectivity index (χ2n) is 5.31. The van der Waals surface area contributed by atoms with Gasteiger partial charge in [-0.25, -0.2) is 4.99 Å². The zero-order valence-corrected chi connectivity index (χ0v) is 13.7. The summed E-state index contributed by atoms with van der Waals surface area (Å²) in [5.74, 6) is -0.0983. The van der Waals surface area contributed by atoms with Gasteiger partial charge < -0.3 is 4.90 Å². The van der Waals surface area contributed by atoms with E-state index in [0.29, 0.717) is 28.7 Å². The Morgan fingerprint density at radius 3 is 2.58 bits per heavy atom. The van der Waals surface area contributed by atoms with Crippen LogP contribution in [0.15, 0.2) is 47.5 Å². The molecule has 3 rings (SSSR count). The summed E-state index contributed by atoms with van der Waals surface area (Å²) in [4.78, 5) is 29.3. The van der Waals surface area contributed by atoms with E-state index in [4.69, 9.17) is 11.6 Å². The molecule has 1 heterocycles. The highest BCUT2D eigenvalue weighted by atomic mass is 35.5. The molecule has 0 atom stereocenters. The molecule has 0 saturated carbocycles. The molecule has 0 aromatic heterocycles. The Morgan fingerprint density at radius 2 is 1.96 bits per heavy atom. The van der Waals surface area contributed by atoms with Crippen LogP contribution in [0, 0.1) is 10.1 Å². The maximum atomic E-state index is 12.6. The maximum Gasteiger partial charge on any atom is 0.271 e. The van der Waals surface area contributed by atoms with Gasteiger partial charge in [-0.1, -0.05) is 23.7 Å². The summed E-state index contributed by atoms with van der Waals surface area (Å²) in [6, 6.07) is 11.4. The molecule has 0 bridgehead atoms. The zero-order chi connectivity index (χ0) is 17.3. The first-order valence-corrected chi connectivity index (χ1v) is 7.79. The van der Waals surface area contributed by atoms with Crippen LogP contribution in [0.1, 0.15) is 18.9 Å². The van der Waals surface area contributed by atoms with Crippen molar-refractivity contribution in [2.24, 2.45) is 4.99 Å². The molecule has 0 radical (unpaired) electrons. The minimum Gasteiger partial charge on any atom is -0.310 e. The second kappa shape index (κ2) is 6.41. The molecule has 122 valence electrons. The van der Waals surface area contributed by atoms with Crippen molar-refractivity contribution in [3.8, 4) is 0 Å². The Balaban J connectivity index is 2.16. The molecule has 2 aromatic rings. The van der Waals surface area contributed by atoms with E-state index in [1.54, 1.807) is 35.2 Å². The Morgan fingerprint density at radius 1 is 1.25 bits per heavy atom. The third kappa shape index (κ3) is 3.00. The quantitative estimate of drug-likeness (QED) is 0.621. The van der Waals surface area contributed by atoms with Gasteiger partial charge in [0.15, 0.2) is 0 Å². The summed E-state index contributed by atoms with van der Waals surface area (Å²) in [5.41, 5.74) is 2.27. The van der Waals surface area contributed by atoms with E-state index in [2.05, 4.69) is 4.99 Å². The van der Waals surface area contributed by atoms with Gasteiger partial charge in [0.25, 0.3) is 5.69 Å². The number of halogens is 1. The average Bonchev–Trinajstić information content (AvgIpc) is 2.70. The van der Waals surface area contributed by atoms with Gasteiger partial charge in [-0.2, -0.15) is 0 Å². The summed E-state index contributed by atoms with van der Waals surface area (Å²) < 4.78 is 0. The number of non-ortho nitro benzene ring substituents is 1. The predicted molar refractivity (Wildman–Crippen MR) is 93.4 cm³/mol. The molecule has 1 aliphatic heterocycles. The van der Waals surface area contributed by atoms with Crippen LogP contribution in [0.5, 0.6) is 0 Å². The second-order valence-corrected chi connectivity index (χ2v) is 5.75. The number of aliphatic imine (C=N–C) groups is 1. The van der Waals surface area contributed by atoms with Gasteiger partial charge in [-0.05, 0) is 30.7 Å². The molecular weight excluding hydrogens is 330 g/mol. The third-order valence-corrected chi connectivity index (χ3v) is 4.08. The summed E-state index contributed by atoms with van der Waals surface area (Å²) in [7, 11) is 0. The fraction of sp³-hybridized carbons (Fsp3) is 0.176. The summed E-state index contributed by atoms with van der Waals surface area (Å²) in [5, 5.41) is 11.6. The number of anilines is 1. The number of nitro groups is 1. The van der Waals surface area contributed by atoms with E-state index in [1.165, 1.54) is 12.1 Å². The van der Waals surface area contributed by atoms with E-state index in [9.17, 15) is 14.9 Å². The van der Waals surface area contributed by atoms with Gasteiger partial charge in [0.2, 0.25) is 5.91 Å². The topological polar surface area (TPSA) is 75.8 Å². The van der Waals surface area contributed by atoms with Crippen molar-refractivity contribution in [2.75, 3.05) is 11.4 Å². The normalized spacial score (nSPS) is 14.0. The van der Waals surface area contributed by atoms with Crippen molar-refractivity contribution in [1.82, 2.24) is 0 Å². The monoisotopic (exact) mass is 343 g/mol. The number of hydrogen-bond donors (Lipinski definition) is 0. The van der Waals surface area contributed by atoms with Crippen LogP contribution in [-0.4, -0.2) is 23.1 Å². The summed E-state index contributed by atoms with van der Waals surface area (Å²) >= 11 is 5.90. The first-order valence-electron chi connectivity index (χ1n) is 7.42. The van der Waals surface area contributed by atoms with Crippen LogP contribution >= 0.6 is 11.6 Å². The van der Waals surface area contributed by atoms with Crippen molar-refractivity contribution < 1.29 is 9.72 Å². The number of hydrogen-bond acceptors (Lipinski definition) is 4. The lowest BCUT2D eigenvalue weighted by atomic mass is 10.1. The number of amides is 1. The van der Waals surface area contributed by atoms with E-state index < -0.39 is 4.92 Å². The van der Waals surface area contributed by atoms with Crippen molar-refractivity contribution in [3.63, 3.8) is 0 Å². The Kier molecular flexibility index (Phi) is 4.31. The Hall–Kier alpha value is -2.73. The number of rotatable bonds is 3. The van der Waals surface area contributed by atoms with Crippen LogP contribution in [-0.2, 0) is 4.79 Å². The lowest BCUT2D eigenvalue weighted by Gasteiger charge is -2.20. The van der Waals surface area contributed by atoms with Gasteiger partial charge in [-0.3, -0.25) is 14.9 Å². The molecule has 0 aliphatic carbocycles. The zero-order valence-electron chi connectivity index (χ0n) is 12.9. The molecule has 0 saturated heterocycles. The summed E-state index contributed by atoms with van der Waals surface area (Å²) in [6.45, 7) is 2.32. The van der Waals surface area contributed by atoms with Crippen molar-refractivity contribution >= 4 is 40.3 Å². The van der Waals surface area contributed by atoms with Crippen LogP contribution in [0.4, 0.5) is 17.1 Å². The van der Waals surface area contributed by atoms with E-state index in [0.717, 1.165) is 5.56 Å².